The van der Waals surface area contributed by atoms with Gasteiger partial charge in [-0.05, 0) is 23.1 Å². The van der Waals surface area contributed by atoms with Gasteiger partial charge in [0.1, 0.15) is 11.9 Å². The van der Waals surface area contributed by atoms with Crippen molar-refractivity contribution in [3.05, 3.63) is 71.8 Å². The number of carboxylic acids is 1. The van der Waals surface area contributed by atoms with Gasteiger partial charge in [-0.15, -0.1) is 0 Å². The summed E-state index contributed by atoms with van der Waals surface area (Å²) in [6.45, 7) is 4.46. The zero-order chi connectivity index (χ0) is 18.7. The van der Waals surface area contributed by atoms with E-state index in [1.165, 1.54) is 0 Å². The number of nitrogens with zero attached hydrogens (tertiary/aromatic N) is 1. The largest absolute Gasteiger partial charge is 0.481 e. The average molecular weight is 351 g/mol. The lowest BCUT2D eigenvalue weighted by atomic mass is 9.98. The fraction of sp³-hybridized carbons (Fsp3) is 0.238. The summed E-state index contributed by atoms with van der Waals surface area (Å²) in [4.78, 5) is 25.0. The highest BCUT2D eigenvalue weighted by molar-refractivity contribution is 6.05. The first-order chi connectivity index (χ1) is 12.5. The van der Waals surface area contributed by atoms with Crippen LogP contribution in [0, 0.1) is 0 Å². The molecule has 0 bridgehead atoms. The summed E-state index contributed by atoms with van der Waals surface area (Å²) in [6, 6.07) is 15.4. The van der Waals surface area contributed by atoms with Crippen LogP contribution >= 0.6 is 0 Å². The van der Waals surface area contributed by atoms with Crippen molar-refractivity contribution in [2.24, 2.45) is 0 Å². The van der Waals surface area contributed by atoms with Gasteiger partial charge in [0.25, 0.3) is 5.91 Å². The topological polar surface area (TPSA) is 66.8 Å². The van der Waals surface area contributed by atoms with Gasteiger partial charge in [-0.25, -0.2) is 4.79 Å². The maximum absolute atomic E-state index is 12.6. The molecule has 1 unspecified atom stereocenters. The Labute approximate surface area is 152 Å². The number of ether oxygens (including phenoxy) is 1. The van der Waals surface area contributed by atoms with Gasteiger partial charge in [0, 0.05) is 12.2 Å². The molecule has 0 aliphatic carbocycles. The maximum Gasteiger partial charge on any atom is 0.328 e. The first-order valence-corrected chi connectivity index (χ1v) is 8.54. The van der Waals surface area contributed by atoms with Crippen molar-refractivity contribution < 1.29 is 19.4 Å². The predicted molar refractivity (Wildman–Crippen MR) is 99.5 cm³/mol. The summed E-state index contributed by atoms with van der Waals surface area (Å²) in [6.07, 6.45) is 1.63. The van der Waals surface area contributed by atoms with Crippen molar-refractivity contribution >= 4 is 17.6 Å². The molecular formula is C21H21NO4. The van der Waals surface area contributed by atoms with E-state index in [1.54, 1.807) is 4.90 Å². The molecule has 1 aliphatic heterocycles. The van der Waals surface area contributed by atoms with E-state index in [2.05, 4.69) is 13.8 Å². The second-order valence-electron chi connectivity index (χ2n) is 6.49. The normalized spacial score (nSPS) is 16.4. The summed E-state index contributed by atoms with van der Waals surface area (Å²) in [5.41, 5.74) is 2.66. The van der Waals surface area contributed by atoms with Gasteiger partial charge in [0.15, 0.2) is 0 Å². The van der Waals surface area contributed by atoms with E-state index in [9.17, 15) is 9.59 Å². The van der Waals surface area contributed by atoms with Gasteiger partial charge in [-0.2, -0.15) is 0 Å². The van der Waals surface area contributed by atoms with Crippen LogP contribution in [0.4, 0.5) is 5.69 Å². The van der Waals surface area contributed by atoms with Gasteiger partial charge in [-0.3, -0.25) is 4.79 Å². The zero-order valence-corrected chi connectivity index (χ0v) is 14.8. The van der Waals surface area contributed by atoms with E-state index < -0.39 is 5.97 Å². The van der Waals surface area contributed by atoms with Gasteiger partial charge in [0.2, 0.25) is 0 Å². The minimum absolute atomic E-state index is 0.228. The highest BCUT2D eigenvalue weighted by Crippen LogP contribution is 2.43. The van der Waals surface area contributed by atoms with E-state index in [0.717, 1.165) is 23.3 Å². The molecule has 134 valence electrons. The Morgan fingerprint density at radius 2 is 1.85 bits per heavy atom. The molecule has 26 heavy (non-hydrogen) atoms. The van der Waals surface area contributed by atoms with Crippen LogP contribution in [0.3, 0.4) is 0 Å². The van der Waals surface area contributed by atoms with Gasteiger partial charge in [0.05, 0.1) is 12.2 Å². The van der Waals surface area contributed by atoms with Gasteiger partial charge < -0.3 is 14.7 Å². The van der Waals surface area contributed by atoms with Crippen LogP contribution in [0.2, 0.25) is 0 Å². The molecule has 0 spiro atoms. The molecule has 1 aliphatic rings. The molecule has 0 saturated heterocycles. The summed E-state index contributed by atoms with van der Waals surface area (Å²) in [5, 5.41) is 8.82. The van der Waals surface area contributed by atoms with Gasteiger partial charge >= 0.3 is 5.97 Å². The lowest BCUT2D eigenvalue weighted by Crippen LogP contribution is -2.39. The molecule has 0 fully saturated rings. The monoisotopic (exact) mass is 351 g/mol. The second kappa shape index (κ2) is 7.44. The summed E-state index contributed by atoms with van der Waals surface area (Å²) >= 11 is 0. The molecule has 3 rings (SSSR count). The summed E-state index contributed by atoms with van der Waals surface area (Å²) in [5.74, 6) is -0.619. The van der Waals surface area contributed by atoms with E-state index in [-0.39, 0.29) is 17.9 Å². The van der Waals surface area contributed by atoms with Crippen molar-refractivity contribution in [3.8, 4) is 5.75 Å². The highest BCUT2D eigenvalue weighted by Gasteiger charge is 2.31. The van der Waals surface area contributed by atoms with E-state index >= 15 is 0 Å². The Hall–Kier alpha value is -3.08. The first-order valence-electron chi connectivity index (χ1n) is 8.54. The number of amides is 1. The molecule has 1 atom stereocenters. The third kappa shape index (κ3) is 3.61. The second-order valence-corrected chi connectivity index (χ2v) is 6.49. The SMILES string of the molecule is CC(C)c1cccc2c1OC(c1ccccc1)CN2C(=O)/C=C/C(=O)O. The molecule has 1 amide bonds. The minimum atomic E-state index is -1.15. The van der Waals surface area contributed by atoms with Crippen LogP contribution in [0.1, 0.15) is 37.0 Å². The number of para-hydroxylation sites is 1. The van der Waals surface area contributed by atoms with Crippen molar-refractivity contribution in [3.63, 3.8) is 0 Å². The first kappa shape index (κ1) is 17.7. The lowest BCUT2D eigenvalue weighted by molar-refractivity contribution is -0.131. The number of benzene rings is 2. The number of carbonyl (C=O) groups excluding carboxylic acids is 1. The van der Waals surface area contributed by atoms with Crippen LogP contribution in [0.25, 0.3) is 0 Å². The standard InChI is InChI=1S/C21H21NO4/c1-14(2)16-9-6-10-17-21(16)26-18(15-7-4-3-5-8-15)13-22(17)19(23)11-12-20(24)25/h3-12,14,18H,13H2,1-2H3,(H,24,25)/b12-11+. The zero-order valence-electron chi connectivity index (χ0n) is 14.8. The number of carbonyl (C=O) groups is 2. The number of aliphatic carboxylic acids is 1. The van der Waals surface area contributed by atoms with Crippen LogP contribution in [0.15, 0.2) is 60.7 Å². The molecule has 0 aromatic heterocycles. The minimum Gasteiger partial charge on any atom is -0.481 e. The van der Waals surface area contributed by atoms with Crippen molar-refractivity contribution in [1.29, 1.82) is 0 Å². The third-order valence-corrected chi connectivity index (χ3v) is 4.35. The highest BCUT2D eigenvalue weighted by atomic mass is 16.5. The van der Waals surface area contributed by atoms with Crippen LogP contribution in [0.5, 0.6) is 5.75 Å². The molecule has 5 nitrogen and oxygen atoms in total. The van der Waals surface area contributed by atoms with Crippen molar-refractivity contribution in [1.82, 2.24) is 0 Å². The number of fused-ring (bicyclic) bond motifs is 1. The average Bonchev–Trinajstić information content (AvgIpc) is 2.65. The number of rotatable bonds is 4. The molecule has 0 saturated carbocycles. The van der Waals surface area contributed by atoms with E-state index in [0.29, 0.717) is 18.0 Å². The predicted octanol–water partition coefficient (Wildman–Crippen LogP) is 3.92. The van der Waals surface area contributed by atoms with E-state index in [4.69, 9.17) is 9.84 Å². The Balaban J connectivity index is 2.05. The molecule has 2 aromatic rings. The Kier molecular flexibility index (Phi) is 5.07. The Morgan fingerprint density at radius 3 is 2.50 bits per heavy atom. The Bertz CT molecular complexity index is 842. The van der Waals surface area contributed by atoms with Crippen LogP contribution < -0.4 is 9.64 Å². The van der Waals surface area contributed by atoms with E-state index in [1.807, 2.05) is 48.5 Å². The van der Waals surface area contributed by atoms with Crippen molar-refractivity contribution in [2.45, 2.75) is 25.9 Å². The lowest BCUT2D eigenvalue weighted by Gasteiger charge is -2.36. The molecule has 0 radical (unpaired) electrons. The summed E-state index contributed by atoms with van der Waals surface area (Å²) < 4.78 is 6.28. The Morgan fingerprint density at radius 1 is 1.12 bits per heavy atom. The third-order valence-electron chi connectivity index (χ3n) is 4.35. The van der Waals surface area contributed by atoms with Crippen LogP contribution in [-0.2, 0) is 9.59 Å². The van der Waals surface area contributed by atoms with Crippen LogP contribution in [-0.4, -0.2) is 23.5 Å². The number of anilines is 1. The number of hydrogen-bond acceptors (Lipinski definition) is 3. The van der Waals surface area contributed by atoms with Gasteiger partial charge in [-0.1, -0.05) is 56.3 Å². The van der Waals surface area contributed by atoms with Crippen molar-refractivity contribution in [2.75, 3.05) is 11.4 Å². The quantitative estimate of drug-likeness (QED) is 0.848. The smallest absolute Gasteiger partial charge is 0.328 e. The fourth-order valence-corrected chi connectivity index (χ4v) is 3.06. The number of hydrogen-bond donors (Lipinski definition) is 1. The number of carboxylic acid groups (broad SMARTS) is 1. The maximum atomic E-state index is 12.6. The molecule has 5 heteroatoms. The molecule has 1 heterocycles. The fourth-order valence-electron chi connectivity index (χ4n) is 3.06. The molecular weight excluding hydrogens is 330 g/mol. The molecule has 1 N–H and O–H groups in total. The molecule has 2 aromatic carbocycles. The summed E-state index contributed by atoms with van der Waals surface area (Å²) in [7, 11) is 0.